The summed E-state index contributed by atoms with van der Waals surface area (Å²) >= 11 is 3.17. The third-order valence-corrected chi connectivity index (χ3v) is 2.60. The zero-order chi connectivity index (χ0) is 12.1. The highest BCUT2D eigenvalue weighted by molar-refractivity contribution is 9.10. The standard InChI is InChI=1S/C10H12BrFN2O2/c1-2-8(10(13)14-15)16-9-4-3-6(12)5-7(9)11/h3-5,8,15H,2H2,1H3,(H2,13,14). The number of nitrogens with zero attached hydrogens (tertiary/aromatic N) is 1. The topological polar surface area (TPSA) is 67.8 Å². The Balaban J connectivity index is 2.86. The maximum atomic E-state index is 12.8. The highest BCUT2D eigenvalue weighted by Crippen LogP contribution is 2.26. The van der Waals surface area contributed by atoms with Gasteiger partial charge in [-0.2, -0.15) is 0 Å². The zero-order valence-electron chi connectivity index (χ0n) is 8.65. The van der Waals surface area contributed by atoms with E-state index in [1.807, 2.05) is 6.92 Å². The number of amidine groups is 1. The van der Waals surface area contributed by atoms with Gasteiger partial charge in [0.2, 0.25) is 0 Å². The molecule has 4 nitrogen and oxygen atoms in total. The molecule has 0 saturated heterocycles. The molecule has 0 saturated carbocycles. The largest absolute Gasteiger partial charge is 0.481 e. The lowest BCUT2D eigenvalue weighted by Crippen LogP contribution is -2.33. The van der Waals surface area contributed by atoms with Crippen LogP contribution in [0.2, 0.25) is 0 Å². The molecule has 3 N–H and O–H groups in total. The van der Waals surface area contributed by atoms with Crippen molar-refractivity contribution in [3.63, 3.8) is 0 Å². The molecule has 0 aliphatic heterocycles. The third-order valence-electron chi connectivity index (χ3n) is 1.98. The molecule has 0 bridgehead atoms. The van der Waals surface area contributed by atoms with E-state index in [-0.39, 0.29) is 11.7 Å². The molecule has 1 unspecified atom stereocenters. The molecular formula is C10H12BrFN2O2. The molecule has 1 rings (SSSR count). The highest BCUT2D eigenvalue weighted by Gasteiger charge is 2.15. The molecule has 0 aliphatic carbocycles. The Morgan fingerprint density at radius 1 is 1.69 bits per heavy atom. The van der Waals surface area contributed by atoms with Gasteiger partial charge in [-0.25, -0.2) is 4.39 Å². The van der Waals surface area contributed by atoms with Crippen molar-refractivity contribution in [3.8, 4) is 5.75 Å². The van der Waals surface area contributed by atoms with E-state index in [1.54, 1.807) is 0 Å². The van der Waals surface area contributed by atoms with E-state index in [0.717, 1.165) is 0 Å². The van der Waals surface area contributed by atoms with E-state index in [9.17, 15) is 4.39 Å². The molecular weight excluding hydrogens is 279 g/mol. The second-order valence-electron chi connectivity index (χ2n) is 3.11. The van der Waals surface area contributed by atoms with Gasteiger partial charge in [0.25, 0.3) is 0 Å². The summed E-state index contributed by atoms with van der Waals surface area (Å²) in [5, 5.41) is 11.4. The molecule has 0 amide bonds. The van der Waals surface area contributed by atoms with Crippen LogP contribution in [-0.4, -0.2) is 17.1 Å². The van der Waals surface area contributed by atoms with Crippen LogP contribution in [0.4, 0.5) is 4.39 Å². The summed E-state index contributed by atoms with van der Waals surface area (Å²) in [5.41, 5.74) is 5.44. The number of ether oxygens (including phenoxy) is 1. The van der Waals surface area contributed by atoms with Gasteiger partial charge < -0.3 is 15.7 Å². The monoisotopic (exact) mass is 290 g/mol. The van der Waals surface area contributed by atoms with Crippen LogP contribution in [0.1, 0.15) is 13.3 Å². The fraction of sp³-hybridized carbons (Fsp3) is 0.300. The number of hydrogen-bond acceptors (Lipinski definition) is 3. The van der Waals surface area contributed by atoms with Gasteiger partial charge >= 0.3 is 0 Å². The van der Waals surface area contributed by atoms with Gasteiger partial charge in [0.1, 0.15) is 11.6 Å². The molecule has 0 heterocycles. The fourth-order valence-electron chi connectivity index (χ4n) is 1.14. The van der Waals surface area contributed by atoms with Crippen LogP contribution >= 0.6 is 15.9 Å². The second kappa shape index (κ2) is 5.69. The van der Waals surface area contributed by atoms with Crippen molar-refractivity contribution in [1.29, 1.82) is 0 Å². The number of halogens is 2. The van der Waals surface area contributed by atoms with Crippen LogP contribution in [0.25, 0.3) is 0 Å². The number of benzene rings is 1. The molecule has 1 aromatic carbocycles. The number of nitrogens with two attached hydrogens (primary N) is 1. The van der Waals surface area contributed by atoms with Crippen LogP contribution in [0.15, 0.2) is 27.8 Å². The predicted molar refractivity (Wildman–Crippen MR) is 62.2 cm³/mol. The molecule has 16 heavy (non-hydrogen) atoms. The summed E-state index contributed by atoms with van der Waals surface area (Å²) in [6.45, 7) is 1.83. The summed E-state index contributed by atoms with van der Waals surface area (Å²) in [7, 11) is 0. The van der Waals surface area contributed by atoms with Gasteiger partial charge in [-0.3, -0.25) is 0 Å². The highest BCUT2D eigenvalue weighted by atomic mass is 79.9. The first kappa shape index (κ1) is 12.8. The summed E-state index contributed by atoms with van der Waals surface area (Å²) in [4.78, 5) is 0. The minimum absolute atomic E-state index is 0.0151. The van der Waals surface area contributed by atoms with Crippen molar-refractivity contribution in [2.24, 2.45) is 10.9 Å². The van der Waals surface area contributed by atoms with Crippen molar-refractivity contribution in [2.45, 2.75) is 19.4 Å². The van der Waals surface area contributed by atoms with Crippen molar-refractivity contribution >= 4 is 21.8 Å². The van der Waals surface area contributed by atoms with Crippen LogP contribution in [0, 0.1) is 5.82 Å². The van der Waals surface area contributed by atoms with Crippen molar-refractivity contribution in [1.82, 2.24) is 0 Å². The van der Waals surface area contributed by atoms with E-state index in [4.69, 9.17) is 15.7 Å². The molecule has 0 spiro atoms. The first-order valence-corrected chi connectivity index (χ1v) is 5.47. The van der Waals surface area contributed by atoms with Crippen LogP contribution in [0.5, 0.6) is 5.75 Å². The maximum absolute atomic E-state index is 12.8. The predicted octanol–water partition coefficient (Wildman–Crippen LogP) is 2.49. The Labute approximate surface area is 101 Å². The van der Waals surface area contributed by atoms with Crippen molar-refractivity contribution in [2.75, 3.05) is 0 Å². The Hall–Kier alpha value is -1.30. The van der Waals surface area contributed by atoms with Gasteiger partial charge in [-0.15, -0.1) is 0 Å². The lowest BCUT2D eigenvalue weighted by Gasteiger charge is -2.16. The van der Waals surface area contributed by atoms with Gasteiger partial charge in [0.05, 0.1) is 4.47 Å². The van der Waals surface area contributed by atoms with Crippen LogP contribution < -0.4 is 10.5 Å². The summed E-state index contributed by atoms with van der Waals surface area (Å²) in [6, 6.07) is 4.04. The van der Waals surface area contributed by atoms with E-state index in [0.29, 0.717) is 16.6 Å². The SMILES string of the molecule is CCC(Oc1ccc(F)cc1Br)C(N)=NO. The van der Waals surface area contributed by atoms with E-state index in [2.05, 4.69) is 21.1 Å². The van der Waals surface area contributed by atoms with Gasteiger partial charge in [0, 0.05) is 0 Å². The molecule has 0 radical (unpaired) electrons. The number of rotatable bonds is 4. The quantitative estimate of drug-likeness (QED) is 0.387. The molecule has 0 aliphatic rings. The average Bonchev–Trinajstić information content (AvgIpc) is 2.27. The molecule has 0 fully saturated rings. The molecule has 0 aromatic heterocycles. The Morgan fingerprint density at radius 3 is 2.88 bits per heavy atom. The maximum Gasteiger partial charge on any atom is 0.180 e. The lowest BCUT2D eigenvalue weighted by molar-refractivity contribution is 0.245. The van der Waals surface area contributed by atoms with Gasteiger partial charge in [0.15, 0.2) is 11.9 Å². The molecule has 1 atom stereocenters. The summed E-state index contributed by atoms with van der Waals surface area (Å²) in [5.74, 6) is 0.0645. The normalized spacial score (nSPS) is 13.6. The Morgan fingerprint density at radius 2 is 2.38 bits per heavy atom. The van der Waals surface area contributed by atoms with E-state index in [1.165, 1.54) is 18.2 Å². The van der Waals surface area contributed by atoms with Gasteiger partial charge in [-0.05, 0) is 40.5 Å². The first-order valence-electron chi connectivity index (χ1n) is 4.67. The lowest BCUT2D eigenvalue weighted by atomic mass is 10.2. The molecule has 1 aromatic rings. The average molecular weight is 291 g/mol. The van der Waals surface area contributed by atoms with Crippen LogP contribution in [-0.2, 0) is 0 Å². The fourth-order valence-corrected chi connectivity index (χ4v) is 1.59. The zero-order valence-corrected chi connectivity index (χ0v) is 10.2. The first-order chi connectivity index (χ1) is 7.58. The number of oxime groups is 1. The third kappa shape index (κ3) is 3.10. The molecule has 6 heteroatoms. The van der Waals surface area contributed by atoms with Gasteiger partial charge in [-0.1, -0.05) is 12.1 Å². The van der Waals surface area contributed by atoms with E-state index < -0.39 is 6.10 Å². The van der Waals surface area contributed by atoms with Crippen LogP contribution in [0.3, 0.4) is 0 Å². The minimum atomic E-state index is -0.535. The van der Waals surface area contributed by atoms with E-state index >= 15 is 0 Å². The summed E-state index contributed by atoms with van der Waals surface area (Å²) in [6.07, 6.45) is 0.00597. The minimum Gasteiger partial charge on any atom is -0.481 e. The Bertz CT molecular complexity index is 398. The molecule has 88 valence electrons. The van der Waals surface area contributed by atoms with Crippen molar-refractivity contribution in [3.05, 3.63) is 28.5 Å². The second-order valence-corrected chi connectivity index (χ2v) is 3.97. The smallest absolute Gasteiger partial charge is 0.180 e. The number of hydrogen-bond donors (Lipinski definition) is 2. The Kier molecular flexibility index (Phi) is 4.54. The summed E-state index contributed by atoms with van der Waals surface area (Å²) < 4.78 is 18.8. The van der Waals surface area contributed by atoms with Crippen molar-refractivity contribution < 1.29 is 14.3 Å².